The number of likely N-dealkylation sites (tertiary alicyclic amines) is 1. The Morgan fingerprint density at radius 3 is 2.54 bits per heavy atom. The van der Waals surface area contributed by atoms with Gasteiger partial charge in [-0.25, -0.2) is 5.48 Å². The van der Waals surface area contributed by atoms with Crippen LogP contribution in [0, 0.1) is 18.8 Å². The molecule has 1 aliphatic carbocycles. The molecule has 3 rings (SSSR count). The van der Waals surface area contributed by atoms with Crippen molar-refractivity contribution in [1.29, 1.82) is 0 Å². The molecule has 1 aliphatic heterocycles. The smallest absolute Gasteiger partial charge is 0.248 e. The van der Waals surface area contributed by atoms with E-state index in [-0.39, 0.29) is 23.7 Å². The Bertz CT molecular complexity index is 652. The zero-order valence-corrected chi connectivity index (χ0v) is 15.8. The molecule has 2 atom stereocenters. The summed E-state index contributed by atoms with van der Waals surface area (Å²) in [6, 6.07) is 8.16. The molecule has 2 amide bonds. The summed E-state index contributed by atoms with van der Waals surface area (Å²) in [5.74, 6) is -0.346. The van der Waals surface area contributed by atoms with Crippen LogP contribution in [0.5, 0.6) is 0 Å². The maximum atomic E-state index is 13.2. The first-order chi connectivity index (χ1) is 12.5. The van der Waals surface area contributed by atoms with E-state index >= 15 is 0 Å². The van der Waals surface area contributed by atoms with E-state index in [4.69, 9.17) is 0 Å². The largest absolute Gasteiger partial charge is 0.341 e. The lowest BCUT2D eigenvalue weighted by Gasteiger charge is -2.32. The fourth-order valence-electron chi connectivity index (χ4n) is 4.58. The highest BCUT2D eigenvalue weighted by Gasteiger charge is 2.45. The lowest BCUT2D eigenvalue weighted by atomic mass is 9.79. The van der Waals surface area contributed by atoms with Crippen molar-refractivity contribution < 1.29 is 14.8 Å². The summed E-state index contributed by atoms with van der Waals surface area (Å²) in [4.78, 5) is 27.3. The van der Waals surface area contributed by atoms with Crippen molar-refractivity contribution in [2.45, 2.75) is 57.8 Å². The summed E-state index contributed by atoms with van der Waals surface area (Å²) < 4.78 is 0. The minimum absolute atomic E-state index is 0.0907. The Kier molecular flexibility index (Phi) is 5.66. The molecule has 2 fully saturated rings. The molecule has 5 heteroatoms. The SMILES string of the molecule is Cc1ccc(C2(C)CCN(C[C@@H](C(=O)NO)C3CCCCC3)C2=O)cc1. The highest BCUT2D eigenvalue weighted by Crippen LogP contribution is 2.37. The van der Waals surface area contributed by atoms with Crippen molar-refractivity contribution in [1.82, 2.24) is 10.4 Å². The molecule has 1 aromatic carbocycles. The monoisotopic (exact) mass is 358 g/mol. The van der Waals surface area contributed by atoms with Crippen LogP contribution in [0.25, 0.3) is 0 Å². The first-order valence-corrected chi connectivity index (χ1v) is 9.76. The molecule has 1 saturated heterocycles. The molecule has 1 aromatic rings. The van der Waals surface area contributed by atoms with Crippen LogP contribution in [-0.4, -0.2) is 35.0 Å². The third kappa shape index (κ3) is 3.63. The molecule has 1 unspecified atom stereocenters. The Balaban J connectivity index is 1.75. The van der Waals surface area contributed by atoms with Crippen LogP contribution in [0.1, 0.15) is 56.6 Å². The molecule has 142 valence electrons. The number of hydrogen-bond donors (Lipinski definition) is 2. The molecule has 2 aliphatic rings. The molecule has 26 heavy (non-hydrogen) atoms. The van der Waals surface area contributed by atoms with E-state index in [1.807, 2.05) is 48.5 Å². The second-order valence-corrected chi connectivity index (χ2v) is 8.18. The van der Waals surface area contributed by atoms with Gasteiger partial charge in [-0.05, 0) is 44.6 Å². The van der Waals surface area contributed by atoms with Gasteiger partial charge in [0.2, 0.25) is 11.8 Å². The van der Waals surface area contributed by atoms with Crippen molar-refractivity contribution in [2.24, 2.45) is 11.8 Å². The molecule has 1 saturated carbocycles. The van der Waals surface area contributed by atoms with Crippen LogP contribution in [0.2, 0.25) is 0 Å². The highest BCUT2D eigenvalue weighted by atomic mass is 16.5. The van der Waals surface area contributed by atoms with Crippen molar-refractivity contribution in [3.8, 4) is 0 Å². The van der Waals surface area contributed by atoms with Crippen LogP contribution in [0.15, 0.2) is 24.3 Å². The Labute approximate surface area is 155 Å². The molecule has 0 spiro atoms. The van der Waals surface area contributed by atoms with E-state index in [1.165, 1.54) is 12.0 Å². The lowest BCUT2D eigenvalue weighted by Crippen LogP contribution is -2.44. The predicted octanol–water partition coefficient (Wildman–Crippen LogP) is 3.19. The predicted molar refractivity (Wildman–Crippen MR) is 99.7 cm³/mol. The number of carbonyl (C=O) groups is 2. The van der Waals surface area contributed by atoms with Gasteiger partial charge in [-0.1, -0.05) is 49.1 Å². The van der Waals surface area contributed by atoms with Crippen LogP contribution in [-0.2, 0) is 15.0 Å². The van der Waals surface area contributed by atoms with E-state index in [0.717, 1.165) is 37.7 Å². The number of nitrogens with zero attached hydrogens (tertiary/aromatic N) is 1. The fourth-order valence-corrected chi connectivity index (χ4v) is 4.58. The molecule has 5 nitrogen and oxygen atoms in total. The molecular formula is C21H30N2O3. The molecule has 0 bridgehead atoms. The molecule has 0 radical (unpaired) electrons. The van der Waals surface area contributed by atoms with Gasteiger partial charge in [0, 0.05) is 13.1 Å². The Morgan fingerprint density at radius 2 is 1.92 bits per heavy atom. The highest BCUT2D eigenvalue weighted by molar-refractivity contribution is 5.90. The number of aryl methyl sites for hydroxylation is 1. The maximum absolute atomic E-state index is 13.2. The van der Waals surface area contributed by atoms with Crippen LogP contribution >= 0.6 is 0 Å². The number of nitrogens with one attached hydrogen (secondary N) is 1. The molecule has 0 aromatic heterocycles. The van der Waals surface area contributed by atoms with Crippen LogP contribution < -0.4 is 5.48 Å². The van der Waals surface area contributed by atoms with Gasteiger partial charge < -0.3 is 4.90 Å². The van der Waals surface area contributed by atoms with Gasteiger partial charge in [-0.2, -0.15) is 0 Å². The van der Waals surface area contributed by atoms with Crippen LogP contribution in [0.4, 0.5) is 0 Å². The first-order valence-electron chi connectivity index (χ1n) is 9.76. The van der Waals surface area contributed by atoms with Crippen molar-refractivity contribution >= 4 is 11.8 Å². The third-order valence-corrected chi connectivity index (χ3v) is 6.41. The maximum Gasteiger partial charge on any atom is 0.248 e. The summed E-state index contributed by atoms with van der Waals surface area (Å²) in [5.41, 5.74) is 3.52. The zero-order chi connectivity index (χ0) is 18.7. The molecule has 1 heterocycles. The van der Waals surface area contributed by atoms with Gasteiger partial charge in [-0.15, -0.1) is 0 Å². The van der Waals surface area contributed by atoms with Gasteiger partial charge in [-0.3, -0.25) is 14.8 Å². The van der Waals surface area contributed by atoms with E-state index in [9.17, 15) is 14.8 Å². The lowest BCUT2D eigenvalue weighted by molar-refractivity contribution is -0.139. The van der Waals surface area contributed by atoms with Gasteiger partial charge in [0.05, 0.1) is 11.3 Å². The second-order valence-electron chi connectivity index (χ2n) is 8.18. The minimum atomic E-state index is -0.527. The number of hydrogen-bond acceptors (Lipinski definition) is 3. The number of rotatable bonds is 5. The summed E-state index contributed by atoms with van der Waals surface area (Å²) in [6.07, 6.45) is 6.19. The first kappa shape index (κ1) is 18.9. The summed E-state index contributed by atoms with van der Waals surface area (Å²) in [6.45, 7) is 5.10. The average molecular weight is 358 g/mol. The van der Waals surface area contributed by atoms with E-state index < -0.39 is 5.41 Å². The Hall–Kier alpha value is -1.88. The molecular weight excluding hydrogens is 328 g/mol. The van der Waals surface area contributed by atoms with E-state index in [2.05, 4.69) is 0 Å². The topological polar surface area (TPSA) is 69.6 Å². The van der Waals surface area contributed by atoms with Crippen molar-refractivity contribution in [3.63, 3.8) is 0 Å². The summed E-state index contributed by atoms with van der Waals surface area (Å²) in [5, 5.41) is 9.18. The third-order valence-electron chi connectivity index (χ3n) is 6.41. The van der Waals surface area contributed by atoms with Gasteiger partial charge >= 0.3 is 0 Å². The number of amides is 2. The number of carbonyl (C=O) groups excluding carboxylic acids is 2. The van der Waals surface area contributed by atoms with Gasteiger partial charge in [0.25, 0.3) is 0 Å². The Morgan fingerprint density at radius 1 is 1.27 bits per heavy atom. The van der Waals surface area contributed by atoms with Crippen LogP contribution in [0.3, 0.4) is 0 Å². The zero-order valence-electron chi connectivity index (χ0n) is 15.8. The van der Waals surface area contributed by atoms with Gasteiger partial charge in [0.15, 0.2) is 0 Å². The number of hydroxylamine groups is 1. The minimum Gasteiger partial charge on any atom is -0.341 e. The number of benzene rings is 1. The summed E-state index contributed by atoms with van der Waals surface area (Å²) in [7, 11) is 0. The second kappa shape index (κ2) is 7.78. The van der Waals surface area contributed by atoms with Crippen molar-refractivity contribution in [3.05, 3.63) is 35.4 Å². The van der Waals surface area contributed by atoms with E-state index in [0.29, 0.717) is 13.1 Å². The van der Waals surface area contributed by atoms with Crippen molar-refractivity contribution in [2.75, 3.05) is 13.1 Å². The average Bonchev–Trinajstić information content (AvgIpc) is 2.96. The van der Waals surface area contributed by atoms with Gasteiger partial charge in [0.1, 0.15) is 0 Å². The van der Waals surface area contributed by atoms with E-state index in [1.54, 1.807) is 0 Å². The fraction of sp³-hybridized carbons (Fsp3) is 0.619. The standard InChI is InChI=1S/C21H30N2O3/c1-15-8-10-17(11-9-15)21(2)12-13-23(20(21)25)14-18(19(24)22-26)16-6-4-3-5-7-16/h8-11,16,18,26H,3-7,12-14H2,1-2H3,(H,22,24)/t18-,21?/m1/s1. The normalized spacial score (nSPS) is 25.3. The summed E-state index contributed by atoms with van der Waals surface area (Å²) >= 11 is 0. The quantitative estimate of drug-likeness (QED) is 0.627. The molecule has 2 N–H and O–H groups in total.